The van der Waals surface area contributed by atoms with E-state index in [1.807, 2.05) is 6.92 Å². The van der Waals surface area contributed by atoms with Crippen molar-refractivity contribution in [2.45, 2.75) is 45.6 Å². The van der Waals surface area contributed by atoms with Gasteiger partial charge in [-0.25, -0.2) is 0 Å². The molecule has 1 nitrogen and oxygen atoms in total. The zero-order valence-corrected chi connectivity index (χ0v) is 9.18. The molecule has 0 rings (SSSR count). The van der Waals surface area contributed by atoms with Gasteiger partial charge < -0.3 is 4.74 Å². The van der Waals surface area contributed by atoms with Crippen molar-refractivity contribution in [2.75, 3.05) is 6.61 Å². The van der Waals surface area contributed by atoms with Crippen LogP contribution < -0.4 is 0 Å². The molecule has 0 aliphatic rings. The predicted octanol–water partition coefficient (Wildman–Crippen LogP) is 3.71. The van der Waals surface area contributed by atoms with Crippen LogP contribution >= 0.6 is 0 Å². The third kappa shape index (κ3) is 5.64. The molecular weight excluding hydrogens is 160 g/mol. The highest BCUT2D eigenvalue weighted by Crippen LogP contribution is 2.20. The van der Waals surface area contributed by atoms with Crippen molar-refractivity contribution in [2.24, 2.45) is 0 Å². The summed E-state index contributed by atoms with van der Waals surface area (Å²) in [5.41, 5.74) is -0.0983. The summed E-state index contributed by atoms with van der Waals surface area (Å²) < 4.78 is 5.72. The van der Waals surface area contributed by atoms with Gasteiger partial charge in [-0.05, 0) is 20.3 Å². The summed E-state index contributed by atoms with van der Waals surface area (Å²) in [5.74, 6) is 0. The van der Waals surface area contributed by atoms with Gasteiger partial charge in [-0.1, -0.05) is 38.0 Å². The molecule has 1 unspecified atom stereocenters. The van der Waals surface area contributed by atoms with Gasteiger partial charge in [0.15, 0.2) is 0 Å². The normalized spacial score (nSPS) is 15.9. The summed E-state index contributed by atoms with van der Waals surface area (Å²) in [6.07, 6.45) is 9.49. The van der Waals surface area contributed by atoms with Crippen molar-refractivity contribution in [3.63, 3.8) is 0 Å². The van der Waals surface area contributed by atoms with Crippen LogP contribution in [0.5, 0.6) is 0 Å². The minimum absolute atomic E-state index is 0.0983. The number of allylic oxidation sites excluding steroid dienone is 1. The predicted molar refractivity (Wildman–Crippen MR) is 58.9 cm³/mol. The molecule has 0 spiro atoms. The maximum atomic E-state index is 5.72. The van der Waals surface area contributed by atoms with Crippen molar-refractivity contribution in [1.82, 2.24) is 0 Å². The lowest BCUT2D eigenvalue weighted by Gasteiger charge is -2.25. The zero-order valence-electron chi connectivity index (χ0n) is 9.18. The Morgan fingerprint density at radius 1 is 1.46 bits per heavy atom. The molecule has 1 atom stereocenters. The Kier molecular flexibility index (Phi) is 6.61. The van der Waals surface area contributed by atoms with Crippen LogP contribution in [0.1, 0.15) is 40.0 Å². The zero-order chi connectivity index (χ0) is 10.2. The van der Waals surface area contributed by atoms with Gasteiger partial charge in [-0.2, -0.15) is 0 Å². The quantitative estimate of drug-likeness (QED) is 0.545. The van der Waals surface area contributed by atoms with Crippen LogP contribution in [0.2, 0.25) is 0 Å². The molecule has 0 saturated carbocycles. The van der Waals surface area contributed by atoms with Gasteiger partial charge in [0.2, 0.25) is 0 Å². The first-order valence-corrected chi connectivity index (χ1v) is 5.07. The van der Waals surface area contributed by atoms with E-state index < -0.39 is 0 Å². The SMILES string of the molecule is C=CCOC(C)(/C=C/C)CCCC. The monoisotopic (exact) mass is 182 g/mol. The van der Waals surface area contributed by atoms with Crippen LogP contribution in [0.3, 0.4) is 0 Å². The Morgan fingerprint density at radius 3 is 2.62 bits per heavy atom. The maximum absolute atomic E-state index is 5.72. The average Bonchev–Trinajstić information content (AvgIpc) is 2.12. The summed E-state index contributed by atoms with van der Waals surface area (Å²) in [6, 6.07) is 0. The van der Waals surface area contributed by atoms with E-state index in [1.54, 1.807) is 6.08 Å². The molecule has 0 radical (unpaired) electrons. The van der Waals surface area contributed by atoms with Gasteiger partial charge >= 0.3 is 0 Å². The largest absolute Gasteiger partial charge is 0.367 e. The van der Waals surface area contributed by atoms with E-state index in [0.29, 0.717) is 6.61 Å². The van der Waals surface area contributed by atoms with Gasteiger partial charge in [0.05, 0.1) is 12.2 Å². The Balaban J connectivity index is 4.06. The minimum Gasteiger partial charge on any atom is -0.367 e. The summed E-state index contributed by atoms with van der Waals surface area (Å²) in [4.78, 5) is 0. The summed E-state index contributed by atoms with van der Waals surface area (Å²) in [5, 5.41) is 0. The fourth-order valence-electron chi connectivity index (χ4n) is 1.33. The van der Waals surface area contributed by atoms with Gasteiger partial charge in [0.25, 0.3) is 0 Å². The fourth-order valence-corrected chi connectivity index (χ4v) is 1.33. The van der Waals surface area contributed by atoms with Crippen molar-refractivity contribution in [3.05, 3.63) is 24.8 Å². The van der Waals surface area contributed by atoms with E-state index in [2.05, 4.69) is 32.6 Å². The number of hydrogen-bond acceptors (Lipinski definition) is 1. The lowest BCUT2D eigenvalue weighted by molar-refractivity contribution is 0.0154. The highest BCUT2D eigenvalue weighted by molar-refractivity contribution is 4.98. The van der Waals surface area contributed by atoms with Crippen LogP contribution in [0, 0.1) is 0 Å². The lowest BCUT2D eigenvalue weighted by atomic mass is 9.98. The lowest BCUT2D eigenvalue weighted by Crippen LogP contribution is -2.26. The Labute approximate surface area is 82.5 Å². The number of rotatable bonds is 7. The van der Waals surface area contributed by atoms with Crippen LogP contribution in [-0.2, 0) is 4.74 Å². The molecule has 0 aromatic carbocycles. The highest BCUT2D eigenvalue weighted by atomic mass is 16.5. The minimum atomic E-state index is -0.0983. The van der Waals surface area contributed by atoms with Crippen molar-refractivity contribution in [1.29, 1.82) is 0 Å². The van der Waals surface area contributed by atoms with Gasteiger partial charge in [-0.15, -0.1) is 6.58 Å². The summed E-state index contributed by atoms with van der Waals surface area (Å²) in [7, 11) is 0. The molecule has 0 aliphatic carbocycles. The smallest absolute Gasteiger partial charge is 0.0838 e. The van der Waals surface area contributed by atoms with E-state index in [0.717, 1.165) is 6.42 Å². The molecule has 0 amide bonds. The van der Waals surface area contributed by atoms with Crippen LogP contribution in [-0.4, -0.2) is 12.2 Å². The summed E-state index contributed by atoms with van der Waals surface area (Å²) in [6.45, 7) is 10.6. The van der Waals surface area contributed by atoms with Crippen molar-refractivity contribution in [3.8, 4) is 0 Å². The highest BCUT2D eigenvalue weighted by Gasteiger charge is 2.19. The first kappa shape index (κ1) is 12.4. The molecular formula is C12H22O. The van der Waals surface area contributed by atoms with Crippen molar-refractivity contribution < 1.29 is 4.74 Å². The van der Waals surface area contributed by atoms with Crippen molar-refractivity contribution >= 4 is 0 Å². The second-order valence-corrected chi connectivity index (χ2v) is 3.52. The van der Waals surface area contributed by atoms with E-state index >= 15 is 0 Å². The third-order valence-corrected chi connectivity index (χ3v) is 2.08. The Bertz CT molecular complexity index is 161. The van der Waals surface area contributed by atoms with Crippen LogP contribution in [0.4, 0.5) is 0 Å². The molecule has 0 aromatic rings. The van der Waals surface area contributed by atoms with E-state index in [1.165, 1.54) is 12.8 Å². The molecule has 0 fully saturated rings. The Morgan fingerprint density at radius 2 is 2.15 bits per heavy atom. The molecule has 0 saturated heterocycles. The average molecular weight is 182 g/mol. The second kappa shape index (κ2) is 6.90. The molecule has 76 valence electrons. The number of hydrogen-bond donors (Lipinski definition) is 0. The topological polar surface area (TPSA) is 9.23 Å². The first-order chi connectivity index (χ1) is 6.18. The molecule has 0 N–H and O–H groups in total. The number of ether oxygens (including phenoxy) is 1. The van der Waals surface area contributed by atoms with Crippen LogP contribution in [0.25, 0.3) is 0 Å². The first-order valence-electron chi connectivity index (χ1n) is 5.07. The van der Waals surface area contributed by atoms with Crippen LogP contribution in [0.15, 0.2) is 24.8 Å². The van der Waals surface area contributed by atoms with Gasteiger partial charge in [-0.3, -0.25) is 0 Å². The van der Waals surface area contributed by atoms with E-state index in [-0.39, 0.29) is 5.60 Å². The standard InChI is InChI=1S/C12H22O/c1-5-8-10-12(4,9-6-2)13-11-7-3/h6-7,9H,3,5,8,10-11H2,1-2,4H3/b9-6+. The van der Waals surface area contributed by atoms with Gasteiger partial charge in [0, 0.05) is 0 Å². The fraction of sp³-hybridized carbons (Fsp3) is 0.667. The maximum Gasteiger partial charge on any atom is 0.0838 e. The van der Waals surface area contributed by atoms with E-state index in [4.69, 9.17) is 4.74 Å². The molecule has 0 heterocycles. The van der Waals surface area contributed by atoms with Gasteiger partial charge in [0.1, 0.15) is 0 Å². The Hall–Kier alpha value is -0.560. The van der Waals surface area contributed by atoms with E-state index in [9.17, 15) is 0 Å². The number of unbranched alkanes of at least 4 members (excludes halogenated alkanes) is 1. The molecule has 13 heavy (non-hydrogen) atoms. The molecule has 0 bridgehead atoms. The molecule has 1 heteroatoms. The summed E-state index contributed by atoms with van der Waals surface area (Å²) >= 11 is 0. The molecule has 0 aliphatic heterocycles. The third-order valence-electron chi connectivity index (χ3n) is 2.08. The molecule has 0 aromatic heterocycles. The second-order valence-electron chi connectivity index (χ2n) is 3.52.